The third-order valence-corrected chi connectivity index (χ3v) is 4.76. The summed E-state index contributed by atoms with van der Waals surface area (Å²) in [5.74, 6) is 0.218. The second-order valence-corrected chi connectivity index (χ2v) is 6.61. The minimum absolute atomic E-state index is 0.218. The van der Waals surface area contributed by atoms with Crippen LogP contribution in [0.1, 0.15) is 26.2 Å². The van der Waals surface area contributed by atoms with Crippen molar-refractivity contribution >= 4 is 10.0 Å². The first-order valence-corrected chi connectivity index (χ1v) is 7.92. The van der Waals surface area contributed by atoms with Crippen molar-refractivity contribution in [2.75, 3.05) is 39.1 Å². The van der Waals surface area contributed by atoms with Crippen LogP contribution in [0.5, 0.6) is 0 Å². The molecular formula is C11H24N2O3S. The monoisotopic (exact) mass is 264 g/mol. The van der Waals surface area contributed by atoms with Crippen LogP contribution < -0.4 is 5.32 Å². The Bertz CT molecular complexity index is 302. The Kier molecular flexibility index (Phi) is 6.40. The molecule has 0 saturated heterocycles. The van der Waals surface area contributed by atoms with Crippen LogP contribution in [0.15, 0.2) is 0 Å². The molecular weight excluding hydrogens is 240 g/mol. The molecule has 0 amide bonds. The van der Waals surface area contributed by atoms with Crippen LogP contribution in [-0.2, 0) is 14.8 Å². The molecule has 1 rings (SSSR count). The number of likely N-dealkylation sites (N-methyl/N-ethyl adjacent to an activating group) is 1. The number of hydrogen-bond acceptors (Lipinski definition) is 4. The van der Waals surface area contributed by atoms with E-state index >= 15 is 0 Å². The van der Waals surface area contributed by atoms with Gasteiger partial charge in [-0.1, -0.05) is 0 Å². The van der Waals surface area contributed by atoms with Crippen molar-refractivity contribution in [2.24, 2.45) is 0 Å². The Morgan fingerprint density at radius 3 is 2.71 bits per heavy atom. The highest BCUT2D eigenvalue weighted by atomic mass is 32.2. The molecule has 1 aliphatic rings. The Labute approximate surface area is 105 Å². The summed E-state index contributed by atoms with van der Waals surface area (Å²) < 4.78 is 30.2. The van der Waals surface area contributed by atoms with Crippen LogP contribution in [0.3, 0.4) is 0 Å². The first-order chi connectivity index (χ1) is 8.06. The second kappa shape index (κ2) is 7.31. The molecule has 0 heterocycles. The molecule has 0 aromatic carbocycles. The van der Waals surface area contributed by atoms with E-state index in [1.807, 2.05) is 6.92 Å². The van der Waals surface area contributed by atoms with Crippen molar-refractivity contribution < 1.29 is 13.2 Å². The predicted molar refractivity (Wildman–Crippen MR) is 68.6 cm³/mol. The zero-order valence-electron chi connectivity index (χ0n) is 10.8. The lowest BCUT2D eigenvalue weighted by atomic mass is 10.5. The quantitative estimate of drug-likeness (QED) is 0.581. The van der Waals surface area contributed by atoms with Crippen molar-refractivity contribution in [3.63, 3.8) is 0 Å². The van der Waals surface area contributed by atoms with E-state index in [0.29, 0.717) is 32.2 Å². The van der Waals surface area contributed by atoms with Crippen molar-refractivity contribution in [1.29, 1.82) is 0 Å². The van der Waals surface area contributed by atoms with E-state index in [-0.39, 0.29) is 5.75 Å². The standard InChI is InChI=1S/C11H24N2O3S/c1-3-16-9-8-13(2)17(14,15)10-4-7-12-11-5-6-11/h11-12H,3-10H2,1-2H3. The normalized spacial score (nSPS) is 16.6. The summed E-state index contributed by atoms with van der Waals surface area (Å²) in [6.07, 6.45) is 3.15. The molecule has 0 aliphatic heterocycles. The molecule has 6 heteroatoms. The average molecular weight is 264 g/mol. The lowest BCUT2D eigenvalue weighted by Crippen LogP contribution is -2.33. The number of ether oxygens (including phenoxy) is 1. The summed E-state index contributed by atoms with van der Waals surface area (Å²) in [7, 11) is -1.49. The predicted octanol–water partition coefficient (Wildman–Crippen LogP) is 0.427. The SMILES string of the molecule is CCOCCN(C)S(=O)(=O)CCCNC1CC1. The van der Waals surface area contributed by atoms with Gasteiger partial charge in [-0.15, -0.1) is 0 Å². The summed E-state index contributed by atoms with van der Waals surface area (Å²) in [6, 6.07) is 0.647. The number of sulfonamides is 1. The van der Waals surface area contributed by atoms with Crippen molar-refractivity contribution in [3.8, 4) is 0 Å². The highest BCUT2D eigenvalue weighted by Gasteiger charge is 2.21. The molecule has 1 saturated carbocycles. The number of hydrogen-bond donors (Lipinski definition) is 1. The molecule has 0 atom stereocenters. The van der Waals surface area contributed by atoms with Gasteiger partial charge in [0.25, 0.3) is 0 Å². The average Bonchev–Trinajstić information content (AvgIpc) is 3.08. The van der Waals surface area contributed by atoms with Gasteiger partial charge in [-0.25, -0.2) is 12.7 Å². The summed E-state index contributed by atoms with van der Waals surface area (Å²) in [6.45, 7) is 4.22. The lowest BCUT2D eigenvalue weighted by molar-refractivity contribution is 0.138. The molecule has 0 aromatic heterocycles. The fraction of sp³-hybridized carbons (Fsp3) is 1.00. The van der Waals surface area contributed by atoms with Gasteiger partial charge < -0.3 is 10.1 Å². The summed E-state index contributed by atoms with van der Waals surface area (Å²) in [5, 5.41) is 3.31. The Morgan fingerprint density at radius 2 is 2.12 bits per heavy atom. The van der Waals surface area contributed by atoms with E-state index in [0.717, 1.165) is 6.54 Å². The maximum Gasteiger partial charge on any atom is 0.213 e. The summed E-state index contributed by atoms with van der Waals surface area (Å²) in [4.78, 5) is 0. The molecule has 1 N–H and O–H groups in total. The number of nitrogens with one attached hydrogen (secondary N) is 1. The Balaban J connectivity index is 2.13. The second-order valence-electron chi connectivity index (χ2n) is 4.42. The maximum absolute atomic E-state index is 11.8. The molecule has 0 radical (unpaired) electrons. The van der Waals surface area contributed by atoms with E-state index in [9.17, 15) is 8.42 Å². The van der Waals surface area contributed by atoms with Gasteiger partial charge >= 0.3 is 0 Å². The van der Waals surface area contributed by atoms with Gasteiger partial charge in [0.2, 0.25) is 10.0 Å². The van der Waals surface area contributed by atoms with Crippen molar-refractivity contribution in [1.82, 2.24) is 9.62 Å². The lowest BCUT2D eigenvalue weighted by Gasteiger charge is -2.16. The summed E-state index contributed by atoms with van der Waals surface area (Å²) >= 11 is 0. The molecule has 1 aliphatic carbocycles. The number of nitrogens with zero attached hydrogens (tertiary/aromatic N) is 1. The van der Waals surface area contributed by atoms with E-state index in [1.54, 1.807) is 7.05 Å². The van der Waals surface area contributed by atoms with Crippen molar-refractivity contribution in [2.45, 2.75) is 32.2 Å². The Morgan fingerprint density at radius 1 is 1.41 bits per heavy atom. The van der Waals surface area contributed by atoms with Gasteiger partial charge in [-0.05, 0) is 32.7 Å². The third-order valence-electron chi connectivity index (χ3n) is 2.82. The van der Waals surface area contributed by atoms with Gasteiger partial charge in [-0.3, -0.25) is 0 Å². The van der Waals surface area contributed by atoms with E-state index in [1.165, 1.54) is 17.1 Å². The fourth-order valence-corrected chi connectivity index (χ4v) is 2.65. The highest BCUT2D eigenvalue weighted by molar-refractivity contribution is 7.89. The van der Waals surface area contributed by atoms with E-state index < -0.39 is 10.0 Å². The van der Waals surface area contributed by atoms with Gasteiger partial charge in [0.15, 0.2) is 0 Å². The van der Waals surface area contributed by atoms with E-state index in [2.05, 4.69) is 5.32 Å². The minimum atomic E-state index is -3.10. The molecule has 0 spiro atoms. The van der Waals surface area contributed by atoms with E-state index in [4.69, 9.17) is 4.74 Å². The first kappa shape index (κ1) is 14.9. The molecule has 0 aromatic rings. The van der Waals surface area contributed by atoms with Crippen LogP contribution >= 0.6 is 0 Å². The van der Waals surface area contributed by atoms with Crippen LogP contribution in [0.25, 0.3) is 0 Å². The zero-order chi connectivity index (χ0) is 12.7. The summed E-state index contributed by atoms with van der Waals surface area (Å²) in [5.41, 5.74) is 0. The molecule has 102 valence electrons. The van der Waals surface area contributed by atoms with Gasteiger partial charge in [0.05, 0.1) is 12.4 Å². The smallest absolute Gasteiger partial charge is 0.213 e. The van der Waals surface area contributed by atoms with Crippen molar-refractivity contribution in [3.05, 3.63) is 0 Å². The molecule has 17 heavy (non-hydrogen) atoms. The largest absolute Gasteiger partial charge is 0.380 e. The van der Waals surface area contributed by atoms with Gasteiger partial charge in [0, 0.05) is 26.2 Å². The molecule has 1 fully saturated rings. The maximum atomic E-state index is 11.8. The van der Waals surface area contributed by atoms with Crippen LogP contribution in [0.2, 0.25) is 0 Å². The Hall–Kier alpha value is -0.170. The van der Waals surface area contributed by atoms with Gasteiger partial charge in [-0.2, -0.15) is 0 Å². The topological polar surface area (TPSA) is 58.6 Å². The van der Waals surface area contributed by atoms with Crippen LogP contribution in [-0.4, -0.2) is 57.9 Å². The third kappa shape index (κ3) is 6.35. The fourth-order valence-electron chi connectivity index (χ4n) is 1.48. The molecule has 0 unspecified atom stereocenters. The molecule has 5 nitrogen and oxygen atoms in total. The first-order valence-electron chi connectivity index (χ1n) is 6.31. The minimum Gasteiger partial charge on any atom is -0.380 e. The molecule has 0 bridgehead atoms. The van der Waals surface area contributed by atoms with Gasteiger partial charge in [0.1, 0.15) is 0 Å². The van der Waals surface area contributed by atoms with Crippen LogP contribution in [0, 0.1) is 0 Å². The van der Waals surface area contributed by atoms with Crippen LogP contribution in [0.4, 0.5) is 0 Å². The number of rotatable bonds is 10. The zero-order valence-corrected chi connectivity index (χ0v) is 11.6. The highest BCUT2D eigenvalue weighted by Crippen LogP contribution is 2.18.